The summed E-state index contributed by atoms with van der Waals surface area (Å²) < 4.78 is 11.5. The highest BCUT2D eigenvalue weighted by Gasteiger charge is 2.13. The summed E-state index contributed by atoms with van der Waals surface area (Å²) in [6, 6.07) is 20.4. The number of amides is 1. The molecule has 6 nitrogen and oxygen atoms in total. The largest absolute Gasteiger partial charge is 0.456 e. The Hall–Kier alpha value is -3.74. The molecule has 0 saturated carbocycles. The number of hydrogen-bond donors (Lipinski definition) is 1. The van der Waals surface area contributed by atoms with Gasteiger partial charge in [0.2, 0.25) is 0 Å². The summed E-state index contributed by atoms with van der Waals surface area (Å²) >= 11 is 0. The van der Waals surface area contributed by atoms with Crippen LogP contribution in [0.3, 0.4) is 0 Å². The molecule has 35 heavy (non-hydrogen) atoms. The van der Waals surface area contributed by atoms with E-state index in [4.69, 9.17) is 9.15 Å². The van der Waals surface area contributed by atoms with E-state index >= 15 is 0 Å². The zero-order valence-corrected chi connectivity index (χ0v) is 20.0. The van der Waals surface area contributed by atoms with Gasteiger partial charge in [-0.05, 0) is 60.9 Å². The molecule has 0 radical (unpaired) electrons. The number of carbonyl (C=O) groups excluding carboxylic acids is 1. The van der Waals surface area contributed by atoms with Crippen molar-refractivity contribution in [1.29, 1.82) is 0 Å². The fraction of sp³-hybridized carbons (Fsp3) is 0.241. The van der Waals surface area contributed by atoms with Crippen molar-refractivity contribution in [2.75, 3.05) is 31.6 Å². The molecule has 0 aliphatic carbocycles. The van der Waals surface area contributed by atoms with Crippen LogP contribution in [0, 0.1) is 13.8 Å². The van der Waals surface area contributed by atoms with Crippen LogP contribution in [0.2, 0.25) is 0 Å². The molecule has 3 aromatic carbocycles. The fourth-order valence-electron chi connectivity index (χ4n) is 4.45. The first-order valence-electron chi connectivity index (χ1n) is 11.8. The van der Waals surface area contributed by atoms with Gasteiger partial charge in [0.1, 0.15) is 11.3 Å². The molecule has 1 saturated heterocycles. The zero-order valence-electron chi connectivity index (χ0n) is 20.0. The van der Waals surface area contributed by atoms with E-state index in [0.29, 0.717) is 22.3 Å². The summed E-state index contributed by atoms with van der Waals surface area (Å²) in [6.45, 7) is 8.21. The van der Waals surface area contributed by atoms with Crippen LogP contribution in [0.4, 0.5) is 5.69 Å². The quantitative estimate of drug-likeness (QED) is 0.438. The van der Waals surface area contributed by atoms with E-state index in [1.54, 1.807) is 24.3 Å². The van der Waals surface area contributed by atoms with Crippen LogP contribution in [0.5, 0.6) is 0 Å². The molecule has 6 heteroatoms. The Morgan fingerprint density at radius 1 is 0.943 bits per heavy atom. The van der Waals surface area contributed by atoms with Crippen molar-refractivity contribution in [2.45, 2.75) is 20.4 Å². The average Bonchev–Trinajstić information content (AvgIpc) is 2.86. The van der Waals surface area contributed by atoms with Crippen LogP contribution < -0.4 is 10.7 Å². The lowest BCUT2D eigenvalue weighted by Crippen LogP contribution is -2.35. The number of morpholine rings is 1. The molecule has 4 aromatic rings. The lowest BCUT2D eigenvalue weighted by Gasteiger charge is -2.26. The number of rotatable bonds is 5. The van der Waals surface area contributed by atoms with E-state index in [-0.39, 0.29) is 11.3 Å². The first-order valence-corrected chi connectivity index (χ1v) is 11.8. The molecule has 1 fully saturated rings. The predicted molar refractivity (Wildman–Crippen MR) is 138 cm³/mol. The maximum Gasteiger partial charge on any atom is 0.255 e. The summed E-state index contributed by atoms with van der Waals surface area (Å²) in [5.74, 6) is 0.293. The van der Waals surface area contributed by atoms with Crippen molar-refractivity contribution >= 4 is 22.6 Å². The molecule has 0 bridgehead atoms. The third-order valence-corrected chi connectivity index (χ3v) is 6.31. The molecule has 1 aromatic heterocycles. The lowest BCUT2D eigenvalue weighted by atomic mass is 10.1. The average molecular weight is 469 g/mol. The number of fused-ring (bicyclic) bond motifs is 1. The van der Waals surface area contributed by atoms with Crippen LogP contribution in [-0.2, 0) is 11.3 Å². The Morgan fingerprint density at radius 3 is 2.37 bits per heavy atom. The normalized spacial score (nSPS) is 14.2. The number of aryl methyl sites for hydroxylation is 2. The molecule has 2 heterocycles. The predicted octanol–water partition coefficient (Wildman–Crippen LogP) is 5.16. The van der Waals surface area contributed by atoms with E-state index < -0.39 is 0 Å². The smallest absolute Gasteiger partial charge is 0.255 e. The number of anilines is 1. The monoisotopic (exact) mass is 468 g/mol. The molecule has 1 aliphatic heterocycles. The van der Waals surface area contributed by atoms with Gasteiger partial charge in [-0.3, -0.25) is 14.5 Å². The van der Waals surface area contributed by atoms with E-state index in [1.165, 1.54) is 11.6 Å². The molecular weight excluding hydrogens is 440 g/mol. The van der Waals surface area contributed by atoms with Gasteiger partial charge in [-0.2, -0.15) is 0 Å². The van der Waals surface area contributed by atoms with E-state index in [1.807, 2.05) is 50.2 Å². The van der Waals surface area contributed by atoms with Crippen molar-refractivity contribution < 1.29 is 13.9 Å². The van der Waals surface area contributed by atoms with Gasteiger partial charge in [0, 0.05) is 42.5 Å². The highest BCUT2D eigenvalue weighted by atomic mass is 16.5. The maximum absolute atomic E-state index is 12.8. The second kappa shape index (κ2) is 9.86. The maximum atomic E-state index is 12.8. The van der Waals surface area contributed by atoms with Gasteiger partial charge in [0.25, 0.3) is 5.91 Å². The molecule has 1 aliphatic rings. The van der Waals surface area contributed by atoms with Gasteiger partial charge in [-0.15, -0.1) is 0 Å². The van der Waals surface area contributed by atoms with Gasteiger partial charge in [0.15, 0.2) is 5.43 Å². The Kier molecular flexibility index (Phi) is 6.49. The first kappa shape index (κ1) is 23.0. The van der Waals surface area contributed by atoms with Crippen LogP contribution >= 0.6 is 0 Å². The Balaban J connectivity index is 1.28. The number of nitrogens with zero attached hydrogens (tertiary/aromatic N) is 1. The number of hydrogen-bond acceptors (Lipinski definition) is 5. The zero-order chi connectivity index (χ0) is 24.4. The van der Waals surface area contributed by atoms with Crippen LogP contribution in [0.1, 0.15) is 27.0 Å². The molecule has 178 valence electrons. The Bertz CT molecular complexity index is 1420. The van der Waals surface area contributed by atoms with Crippen molar-refractivity contribution in [1.82, 2.24) is 4.90 Å². The van der Waals surface area contributed by atoms with Gasteiger partial charge in [0.05, 0.1) is 18.6 Å². The number of benzene rings is 3. The topological polar surface area (TPSA) is 71.8 Å². The standard InChI is InChI=1S/C29H28N2O4/c1-19-15-20(2)28-25(16-19)26(32)17-27(35-28)22-5-7-23(8-6-22)29(33)30-24-9-3-21(4-10-24)18-31-11-13-34-14-12-31/h3-10,15-17H,11-14,18H2,1-2H3,(H,30,33). The molecule has 5 rings (SSSR count). The lowest BCUT2D eigenvalue weighted by molar-refractivity contribution is 0.0342. The number of ether oxygens (including phenoxy) is 1. The van der Waals surface area contributed by atoms with Crippen LogP contribution in [0.25, 0.3) is 22.3 Å². The van der Waals surface area contributed by atoms with E-state index in [9.17, 15) is 9.59 Å². The van der Waals surface area contributed by atoms with Gasteiger partial charge in [-0.25, -0.2) is 0 Å². The minimum atomic E-state index is -0.191. The third kappa shape index (κ3) is 5.19. The van der Waals surface area contributed by atoms with Gasteiger partial charge < -0.3 is 14.5 Å². The molecule has 0 unspecified atom stereocenters. The van der Waals surface area contributed by atoms with E-state index in [2.05, 4.69) is 10.2 Å². The molecular formula is C29H28N2O4. The number of nitrogens with one attached hydrogen (secondary N) is 1. The van der Waals surface area contributed by atoms with Gasteiger partial charge >= 0.3 is 0 Å². The molecule has 0 spiro atoms. The summed E-state index contributed by atoms with van der Waals surface area (Å²) in [5, 5.41) is 3.53. The Morgan fingerprint density at radius 2 is 1.66 bits per heavy atom. The summed E-state index contributed by atoms with van der Waals surface area (Å²) in [4.78, 5) is 27.8. The first-order chi connectivity index (χ1) is 17.0. The Labute approximate surface area is 204 Å². The minimum Gasteiger partial charge on any atom is -0.456 e. The number of carbonyl (C=O) groups is 1. The van der Waals surface area contributed by atoms with Crippen molar-refractivity contribution in [2.24, 2.45) is 0 Å². The molecule has 1 N–H and O–H groups in total. The van der Waals surface area contributed by atoms with Crippen LogP contribution in [-0.4, -0.2) is 37.1 Å². The fourth-order valence-corrected chi connectivity index (χ4v) is 4.45. The summed E-state index contributed by atoms with van der Waals surface area (Å²) in [6.07, 6.45) is 0. The van der Waals surface area contributed by atoms with Crippen molar-refractivity contribution in [3.8, 4) is 11.3 Å². The van der Waals surface area contributed by atoms with Gasteiger partial charge in [-0.1, -0.05) is 30.3 Å². The van der Waals surface area contributed by atoms with Crippen molar-refractivity contribution in [3.05, 3.63) is 99.2 Å². The molecule has 0 atom stereocenters. The molecule has 1 amide bonds. The van der Waals surface area contributed by atoms with Crippen LogP contribution in [0.15, 0.2) is 75.9 Å². The minimum absolute atomic E-state index is 0.0769. The second-order valence-electron chi connectivity index (χ2n) is 9.05. The third-order valence-electron chi connectivity index (χ3n) is 6.31. The van der Waals surface area contributed by atoms with Crippen molar-refractivity contribution in [3.63, 3.8) is 0 Å². The summed E-state index contributed by atoms with van der Waals surface area (Å²) in [5.41, 5.74) is 5.69. The van der Waals surface area contributed by atoms with E-state index in [0.717, 1.165) is 55.2 Å². The SMILES string of the molecule is Cc1cc(C)c2oc(-c3ccc(C(=O)Nc4ccc(CN5CCOCC5)cc4)cc3)cc(=O)c2c1. The highest BCUT2D eigenvalue weighted by molar-refractivity contribution is 6.04. The second-order valence-corrected chi connectivity index (χ2v) is 9.05. The summed E-state index contributed by atoms with van der Waals surface area (Å²) in [7, 11) is 0. The highest BCUT2D eigenvalue weighted by Crippen LogP contribution is 2.25.